The highest BCUT2D eigenvalue weighted by Crippen LogP contribution is 2.52. The molecule has 2 aliphatic heterocycles. The van der Waals surface area contributed by atoms with Gasteiger partial charge in [-0.1, -0.05) is 24.8 Å². The maximum atomic E-state index is 12.1. The SMILES string of the molecule is C=C(C)C(=O)O[C@@H]1C/C(C)=C/CC[C@]2(C)O[C@@H]2[C@H]2OC(=O)C(=C)[C@@]21O. The van der Waals surface area contributed by atoms with E-state index in [-0.39, 0.29) is 17.6 Å². The molecule has 0 radical (unpaired) electrons. The van der Waals surface area contributed by atoms with Crippen molar-refractivity contribution in [3.05, 3.63) is 36.0 Å². The van der Waals surface area contributed by atoms with Gasteiger partial charge in [-0.3, -0.25) is 0 Å². The van der Waals surface area contributed by atoms with E-state index in [1.165, 1.54) is 6.92 Å². The molecule has 25 heavy (non-hydrogen) atoms. The van der Waals surface area contributed by atoms with E-state index in [0.717, 1.165) is 18.4 Å². The topological polar surface area (TPSA) is 85.4 Å². The molecule has 0 amide bonds. The number of aliphatic hydroxyl groups is 1. The van der Waals surface area contributed by atoms with Crippen molar-refractivity contribution < 1.29 is 28.9 Å². The number of hydrogen-bond donors (Lipinski definition) is 1. The van der Waals surface area contributed by atoms with Crippen molar-refractivity contribution in [3.8, 4) is 0 Å². The smallest absolute Gasteiger partial charge is 0.337 e. The molecule has 6 nitrogen and oxygen atoms in total. The highest BCUT2D eigenvalue weighted by atomic mass is 16.7. The van der Waals surface area contributed by atoms with Gasteiger partial charge in [-0.05, 0) is 33.6 Å². The van der Waals surface area contributed by atoms with Crippen molar-refractivity contribution in [1.29, 1.82) is 0 Å². The van der Waals surface area contributed by atoms with Gasteiger partial charge in [0.1, 0.15) is 12.2 Å². The molecule has 5 atom stereocenters. The Balaban J connectivity index is 2.04. The molecule has 6 heteroatoms. The quantitative estimate of drug-likeness (QED) is 0.355. The molecule has 0 saturated carbocycles. The van der Waals surface area contributed by atoms with Gasteiger partial charge in [0.15, 0.2) is 11.7 Å². The number of ether oxygens (including phenoxy) is 3. The molecule has 0 aromatic carbocycles. The lowest BCUT2D eigenvalue weighted by Gasteiger charge is -2.35. The molecular formula is C19H24O6. The van der Waals surface area contributed by atoms with Crippen molar-refractivity contribution >= 4 is 11.9 Å². The highest BCUT2D eigenvalue weighted by molar-refractivity contribution is 5.94. The van der Waals surface area contributed by atoms with Crippen LogP contribution < -0.4 is 0 Å². The molecule has 0 aromatic rings. The summed E-state index contributed by atoms with van der Waals surface area (Å²) in [5, 5.41) is 11.4. The Morgan fingerprint density at radius 3 is 2.76 bits per heavy atom. The molecule has 0 unspecified atom stereocenters. The van der Waals surface area contributed by atoms with Crippen LogP contribution in [0.3, 0.4) is 0 Å². The number of carbonyl (C=O) groups excluding carboxylic acids is 2. The predicted molar refractivity (Wildman–Crippen MR) is 89.5 cm³/mol. The molecule has 3 aliphatic rings. The summed E-state index contributed by atoms with van der Waals surface area (Å²) in [7, 11) is 0. The van der Waals surface area contributed by atoms with Gasteiger partial charge >= 0.3 is 11.9 Å². The van der Waals surface area contributed by atoms with E-state index in [4.69, 9.17) is 14.2 Å². The average Bonchev–Trinajstić information content (AvgIpc) is 3.13. The van der Waals surface area contributed by atoms with E-state index < -0.39 is 41.5 Å². The number of hydrogen-bond acceptors (Lipinski definition) is 6. The number of epoxide rings is 1. The zero-order chi connectivity index (χ0) is 18.6. The number of rotatable bonds is 2. The van der Waals surface area contributed by atoms with Crippen LogP contribution >= 0.6 is 0 Å². The van der Waals surface area contributed by atoms with E-state index in [1.54, 1.807) is 0 Å². The van der Waals surface area contributed by atoms with Gasteiger partial charge < -0.3 is 19.3 Å². The Morgan fingerprint density at radius 1 is 1.44 bits per heavy atom. The molecule has 2 fully saturated rings. The Morgan fingerprint density at radius 2 is 2.12 bits per heavy atom. The molecule has 3 rings (SSSR count). The van der Waals surface area contributed by atoms with Crippen LogP contribution in [0.25, 0.3) is 0 Å². The second kappa shape index (κ2) is 5.81. The first kappa shape index (κ1) is 17.9. The van der Waals surface area contributed by atoms with Crippen molar-refractivity contribution in [2.45, 2.75) is 69.5 Å². The second-order valence-electron chi connectivity index (χ2n) is 7.45. The summed E-state index contributed by atoms with van der Waals surface area (Å²) in [6.07, 6.45) is 1.43. The predicted octanol–water partition coefficient (Wildman–Crippen LogP) is 1.97. The summed E-state index contributed by atoms with van der Waals surface area (Å²) in [5.41, 5.74) is -1.27. The first-order chi connectivity index (χ1) is 11.6. The van der Waals surface area contributed by atoms with Gasteiger partial charge in [-0.15, -0.1) is 0 Å². The maximum Gasteiger partial charge on any atom is 0.337 e. The molecule has 0 bridgehead atoms. The van der Waals surface area contributed by atoms with Gasteiger partial charge in [-0.25, -0.2) is 9.59 Å². The molecule has 0 spiro atoms. The number of fused-ring (bicyclic) bond motifs is 3. The van der Waals surface area contributed by atoms with Crippen molar-refractivity contribution in [1.82, 2.24) is 0 Å². The summed E-state index contributed by atoms with van der Waals surface area (Å²) in [5.74, 6) is -1.32. The Bertz CT molecular complexity index is 692. The van der Waals surface area contributed by atoms with E-state index in [2.05, 4.69) is 13.2 Å². The van der Waals surface area contributed by atoms with Crippen molar-refractivity contribution in [3.63, 3.8) is 0 Å². The molecule has 1 N–H and O–H groups in total. The van der Waals surface area contributed by atoms with Crippen LogP contribution in [0.1, 0.15) is 40.0 Å². The van der Waals surface area contributed by atoms with E-state index in [1.807, 2.05) is 19.9 Å². The fraction of sp³-hybridized carbons (Fsp3) is 0.579. The lowest BCUT2D eigenvalue weighted by Crippen LogP contribution is -2.55. The largest absolute Gasteiger partial charge is 0.455 e. The number of carbonyl (C=O) groups is 2. The summed E-state index contributed by atoms with van der Waals surface area (Å²) in [6, 6.07) is 0. The Hall–Kier alpha value is -1.92. The molecule has 2 saturated heterocycles. The lowest BCUT2D eigenvalue weighted by atomic mass is 9.78. The van der Waals surface area contributed by atoms with Crippen LogP contribution in [0.2, 0.25) is 0 Å². The molecule has 136 valence electrons. The van der Waals surface area contributed by atoms with E-state index >= 15 is 0 Å². The summed E-state index contributed by atoms with van der Waals surface area (Å²) < 4.78 is 16.7. The number of esters is 2. The standard InChI is InChI=1S/C19H24O6/c1-10(2)16(20)23-13-9-11(3)7-6-8-18(5)14(25-18)15-19(13,22)12(4)17(21)24-15/h7,13-15,22H,1,4,6,8-9H2,2-3,5H3/b11-7+/t13-,14-,15-,18+,19+/m1/s1. The van der Waals surface area contributed by atoms with E-state index in [0.29, 0.717) is 0 Å². The van der Waals surface area contributed by atoms with Gasteiger partial charge in [0.25, 0.3) is 0 Å². The van der Waals surface area contributed by atoms with Crippen LogP contribution in [0, 0.1) is 0 Å². The highest BCUT2D eigenvalue weighted by Gasteiger charge is 2.69. The van der Waals surface area contributed by atoms with Crippen molar-refractivity contribution in [2.75, 3.05) is 0 Å². The summed E-state index contributed by atoms with van der Waals surface area (Å²) in [6.45, 7) is 12.6. The molecular weight excluding hydrogens is 324 g/mol. The average molecular weight is 348 g/mol. The first-order valence-electron chi connectivity index (χ1n) is 8.42. The third-order valence-electron chi connectivity index (χ3n) is 5.34. The summed E-state index contributed by atoms with van der Waals surface area (Å²) >= 11 is 0. The fourth-order valence-corrected chi connectivity index (χ4v) is 3.62. The maximum absolute atomic E-state index is 12.1. The molecule has 1 aliphatic carbocycles. The minimum atomic E-state index is -1.84. The van der Waals surface area contributed by atoms with Crippen LogP contribution in [0.5, 0.6) is 0 Å². The van der Waals surface area contributed by atoms with Gasteiger partial charge in [0.2, 0.25) is 0 Å². The van der Waals surface area contributed by atoms with Gasteiger partial charge in [-0.2, -0.15) is 0 Å². The molecule has 2 heterocycles. The van der Waals surface area contributed by atoms with Crippen LogP contribution in [0.15, 0.2) is 36.0 Å². The first-order valence-corrected chi connectivity index (χ1v) is 8.42. The Kier molecular flexibility index (Phi) is 4.16. The van der Waals surface area contributed by atoms with Crippen LogP contribution in [-0.4, -0.2) is 46.6 Å². The monoisotopic (exact) mass is 348 g/mol. The van der Waals surface area contributed by atoms with Crippen LogP contribution in [-0.2, 0) is 23.8 Å². The normalized spacial score (nSPS) is 42.4. The third kappa shape index (κ3) is 2.83. The third-order valence-corrected chi connectivity index (χ3v) is 5.34. The minimum Gasteiger partial charge on any atom is -0.455 e. The lowest BCUT2D eigenvalue weighted by molar-refractivity contribution is -0.166. The zero-order valence-corrected chi connectivity index (χ0v) is 14.8. The van der Waals surface area contributed by atoms with Gasteiger partial charge in [0, 0.05) is 12.0 Å². The van der Waals surface area contributed by atoms with Crippen molar-refractivity contribution in [2.24, 2.45) is 0 Å². The van der Waals surface area contributed by atoms with E-state index in [9.17, 15) is 14.7 Å². The number of allylic oxidation sites excluding steroid dienone is 1. The minimum absolute atomic E-state index is 0.108. The summed E-state index contributed by atoms with van der Waals surface area (Å²) in [4.78, 5) is 24.3. The molecule has 0 aromatic heterocycles. The second-order valence-corrected chi connectivity index (χ2v) is 7.45. The Labute approximate surface area is 147 Å². The van der Waals surface area contributed by atoms with Crippen LogP contribution in [0.4, 0.5) is 0 Å². The zero-order valence-electron chi connectivity index (χ0n) is 14.8. The fourth-order valence-electron chi connectivity index (χ4n) is 3.62. The van der Waals surface area contributed by atoms with Gasteiger partial charge in [0.05, 0.1) is 11.2 Å².